The van der Waals surface area contributed by atoms with Gasteiger partial charge in [0.1, 0.15) is 0 Å². The van der Waals surface area contributed by atoms with Gasteiger partial charge in [-0.3, -0.25) is 0 Å². The lowest BCUT2D eigenvalue weighted by atomic mass is 9.60. The normalized spacial score (nSPS) is 27.6. The zero-order valence-electron chi connectivity index (χ0n) is 15.0. The Kier molecular flexibility index (Phi) is 4.00. The van der Waals surface area contributed by atoms with Crippen molar-refractivity contribution in [1.82, 2.24) is 0 Å². The second-order valence-electron chi connectivity index (χ2n) is 7.52. The first-order valence-corrected chi connectivity index (χ1v) is 9.54. The molecule has 0 saturated heterocycles. The van der Waals surface area contributed by atoms with Crippen LogP contribution in [0.4, 0.5) is 0 Å². The molecule has 0 amide bonds. The molecule has 0 aromatic heterocycles. The molecule has 0 aliphatic heterocycles. The Morgan fingerprint density at radius 2 is 1.56 bits per heavy atom. The maximum absolute atomic E-state index is 10.1. The molecular formula is C24H21BO2. The SMILES string of the molecule is OB(O)C1=c2ccccc2=C(C2=CC=C3C=CC=CC3C2)C2C=CC=CC12. The Labute approximate surface area is 159 Å². The number of rotatable bonds is 2. The highest BCUT2D eigenvalue weighted by molar-refractivity contribution is 6.63. The van der Waals surface area contributed by atoms with E-state index in [-0.39, 0.29) is 11.8 Å². The highest BCUT2D eigenvalue weighted by atomic mass is 16.4. The summed E-state index contributed by atoms with van der Waals surface area (Å²) < 4.78 is 0. The number of hydrogen-bond donors (Lipinski definition) is 2. The number of allylic oxidation sites excluding steroid dienone is 12. The van der Waals surface area contributed by atoms with Crippen LogP contribution in [0.25, 0.3) is 11.0 Å². The molecule has 2 N–H and O–H groups in total. The molecule has 132 valence electrons. The fraction of sp³-hybridized carbons (Fsp3) is 0.167. The van der Waals surface area contributed by atoms with Crippen LogP contribution in [0.1, 0.15) is 6.42 Å². The fourth-order valence-corrected chi connectivity index (χ4v) is 4.87. The quantitative estimate of drug-likeness (QED) is 0.803. The van der Waals surface area contributed by atoms with Crippen molar-refractivity contribution in [3.8, 4) is 0 Å². The largest absolute Gasteiger partial charge is 0.485 e. The first-order chi connectivity index (χ1) is 13.2. The summed E-state index contributed by atoms with van der Waals surface area (Å²) in [6.07, 6.45) is 22.5. The molecule has 3 unspecified atom stereocenters. The number of fused-ring (bicyclic) bond motifs is 3. The summed E-state index contributed by atoms with van der Waals surface area (Å²) in [4.78, 5) is 0. The smallest absolute Gasteiger partial charge is 0.423 e. The maximum Gasteiger partial charge on any atom is 0.485 e. The van der Waals surface area contributed by atoms with E-state index in [1.807, 2.05) is 24.3 Å². The van der Waals surface area contributed by atoms with Crippen LogP contribution in [0.3, 0.4) is 0 Å². The maximum atomic E-state index is 10.1. The predicted octanol–water partition coefficient (Wildman–Crippen LogP) is 2.37. The summed E-state index contributed by atoms with van der Waals surface area (Å²) in [5, 5.41) is 22.3. The third kappa shape index (κ3) is 2.66. The molecule has 3 heteroatoms. The van der Waals surface area contributed by atoms with Crippen molar-refractivity contribution in [3.63, 3.8) is 0 Å². The molecule has 3 atom stereocenters. The fourth-order valence-electron chi connectivity index (χ4n) is 4.87. The first-order valence-electron chi connectivity index (χ1n) is 9.54. The standard InChI is InChI=1S/C24H21BO2/c26-25(27)24-21-11-5-3-9-19(21)23(20-10-4-6-12-22(20)24)18-14-13-16-7-1-2-8-17(16)15-18/h1-14,17,19,21,26-27H,15H2. The summed E-state index contributed by atoms with van der Waals surface area (Å²) in [6.45, 7) is 0. The molecule has 0 saturated carbocycles. The van der Waals surface area contributed by atoms with Crippen molar-refractivity contribution in [2.45, 2.75) is 6.42 Å². The topological polar surface area (TPSA) is 40.5 Å². The summed E-state index contributed by atoms with van der Waals surface area (Å²) in [7, 11) is -1.45. The molecule has 1 aromatic rings. The van der Waals surface area contributed by atoms with Crippen LogP contribution in [0, 0.1) is 17.8 Å². The Morgan fingerprint density at radius 3 is 2.37 bits per heavy atom. The molecule has 0 fully saturated rings. The van der Waals surface area contributed by atoms with Gasteiger partial charge in [0.15, 0.2) is 0 Å². The van der Waals surface area contributed by atoms with Crippen LogP contribution in [-0.2, 0) is 0 Å². The van der Waals surface area contributed by atoms with Gasteiger partial charge in [0.25, 0.3) is 0 Å². The van der Waals surface area contributed by atoms with Crippen LogP contribution in [0.2, 0.25) is 0 Å². The highest BCUT2D eigenvalue weighted by Gasteiger charge is 2.36. The summed E-state index contributed by atoms with van der Waals surface area (Å²) in [6, 6.07) is 8.15. The minimum atomic E-state index is -1.45. The molecular weight excluding hydrogens is 331 g/mol. The molecule has 27 heavy (non-hydrogen) atoms. The summed E-state index contributed by atoms with van der Waals surface area (Å²) >= 11 is 0. The molecule has 0 spiro atoms. The van der Waals surface area contributed by atoms with Gasteiger partial charge in [-0.15, -0.1) is 0 Å². The lowest BCUT2D eigenvalue weighted by molar-refractivity contribution is 0.420. The van der Waals surface area contributed by atoms with Crippen molar-refractivity contribution in [2.24, 2.45) is 17.8 Å². The minimum Gasteiger partial charge on any atom is -0.423 e. The molecule has 0 heterocycles. The van der Waals surface area contributed by atoms with E-state index in [0.29, 0.717) is 11.4 Å². The van der Waals surface area contributed by atoms with E-state index in [9.17, 15) is 10.0 Å². The average molecular weight is 352 g/mol. The molecule has 5 rings (SSSR count). The van der Waals surface area contributed by atoms with Gasteiger partial charge in [0.2, 0.25) is 0 Å². The molecule has 0 radical (unpaired) electrons. The van der Waals surface area contributed by atoms with Crippen LogP contribution in [0.5, 0.6) is 0 Å². The van der Waals surface area contributed by atoms with Crippen molar-refractivity contribution in [2.75, 3.05) is 0 Å². The van der Waals surface area contributed by atoms with Gasteiger partial charge in [-0.25, -0.2) is 0 Å². The molecule has 2 nitrogen and oxygen atoms in total. The van der Waals surface area contributed by atoms with Crippen LogP contribution in [0.15, 0.2) is 96.2 Å². The number of benzene rings is 1. The van der Waals surface area contributed by atoms with Crippen molar-refractivity contribution in [3.05, 3.63) is 107 Å². The minimum absolute atomic E-state index is 0.0204. The van der Waals surface area contributed by atoms with Crippen LogP contribution in [-0.4, -0.2) is 17.2 Å². The lowest BCUT2D eigenvalue weighted by Gasteiger charge is -2.35. The number of hydrogen-bond acceptors (Lipinski definition) is 2. The lowest BCUT2D eigenvalue weighted by Crippen LogP contribution is -2.44. The van der Waals surface area contributed by atoms with Gasteiger partial charge in [-0.05, 0) is 39.0 Å². The van der Waals surface area contributed by atoms with Crippen molar-refractivity contribution in [1.29, 1.82) is 0 Å². The van der Waals surface area contributed by atoms with Gasteiger partial charge < -0.3 is 10.0 Å². The van der Waals surface area contributed by atoms with E-state index >= 15 is 0 Å². The Balaban J connectivity index is 1.79. The molecule has 4 aliphatic carbocycles. The third-order valence-electron chi connectivity index (χ3n) is 6.07. The van der Waals surface area contributed by atoms with Gasteiger partial charge >= 0.3 is 7.12 Å². The Morgan fingerprint density at radius 1 is 0.815 bits per heavy atom. The van der Waals surface area contributed by atoms with E-state index in [1.165, 1.54) is 16.7 Å². The van der Waals surface area contributed by atoms with Crippen molar-refractivity contribution >= 4 is 18.2 Å². The van der Waals surface area contributed by atoms with E-state index in [4.69, 9.17) is 0 Å². The average Bonchev–Trinajstić information content (AvgIpc) is 2.71. The summed E-state index contributed by atoms with van der Waals surface area (Å²) in [5.74, 6) is 0.531. The molecule has 1 aromatic carbocycles. The Bertz CT molecular complexity index is 1100. The molecule has 4 aliphatic rings. The zero-order valence-corrected chi connectivity index (χ0v) is 15.0. The first kappa shape index (κ1) is 16.6. The van der Waals surface area contributed by atoms with E-state index in [1.54, 1.807) is 0 Å². The van der Waals surface area contributed by atoms with Crippen molar-refractivity contribution < 1.29 is 10.0 Å². The van der Waals surface area contributed by atoms with E-state index in [0.717, 1.165) is 16.9 Å². The molecule has 0 bridgehead atoms. The van der Waals surface area contributed by atoms with Gasteiger partial charge in [0.05, 0.1) is 0 Å². The van der Waals surface area contributed by atoms with Gasteiger partial charge in [-0.2, -0.15) is 0 Å². The van der Waals surface area contributed by atoms with Gasteiger partial charge in [0, 0.05) is 17.8 Å². The van der Waals surface area contributed by atoms with E-state index in [2.05, 4.69) is 60.8 Å². The summed E-state index contributed by atoms with van der Waals surface area (Å²) in [5.41, 5.74) is 4.73. The monoisotopic (exact) mass is 352 g/mol. The third-order valence-corrected chi connectivity index (χ3v) is 6.07. The zero-order chi connectivity index (χ0) is 18.4. The van der Waals surface area contributed by atoms with Crippen LogP contribution >= 0.6 is 0 Å². The Hall–Kier alpha value is -2.62. The second kappa shape index (κ2) is 6.52. The second-order valence-corrected chi connectivity index (χ2v) is 7.52. The predicted molar refractivity (Wildman–Crippen MR) is 111 cm³/mol. The highest BCUT2D eigenvalue weighted by Crippen LogP contribution is 2.42. The van der Waals surface area contributed by atoms with Gasteiger partial charge in [-0.1, -0.05) is 85.0 Å². The van der Waals surface area contributed by atoms with E-state index < -0.39 is 7.12 Å². The van der Waals surface area contributed by atoms with Crippen LogP contribution < -0.4 is 10.4 Å².